The maximum atomic E-state index is 12.4. The molecule has 27 heavy (non-hydrogen) atoms. The van der Waals surface area contributed by atoms with E-state index in [9.17, 15) is 19.7 Å². The van der Waals surface area contributed by atoms with Crippen LogP contribution in [0.15, 0.2) is 18.2 Å². The third kappa shape index (κ3) is 4.56. The van der Waals surface area contributed by atoms with E-state index in [4.69, 9.17) is 4.74 Å². The zero-order valence-electron chi connectivity index (χ0n) is 15.6. The minimum atomic E-state index is -0.502. The number of esters is 1. The molecule has 0 N–H and O–H groups in total. The lowest BCUT2D eigenvalue weighted by Crippen LogP contribution is -2.48. The molecule has 0 unspecified atom stereocenters. The second-order valence-electron chi connectivity index (χ2n) is 7.12. The maximum absolute atomic E-state index is 12.4. The number of carbonyl (C=O) groups is 2. The Labute approximate surface area is 158 Å². The Morgan fingerprint density at radius 3 is 2.37 bits per heavy atom. The molecule has 2 aliphatic rings. The van der Waals surface area contributed by atoms with Crippen LogP contribution in [0.1, 0.15) is 49.4 Å². The number of amides is 1. The summed E-state index contributed by atoms with van der Waals surface area (Å²) in [4.78, 5) is 38.5. The summed E-state index contributed by atoms with van der Waals surface area (Å²) in [5.74, 6) is -0.497. The van der Waals surface area contributed by atoms with Gasteiger partial charge in [0.2, 0.25) is 5.91 Å². The van der Waals surface area contributed by atoms with Crippen molar-refractivity contribution in [1.82, 2.24) is 4.90 Å². The van der Waals surface area contributed by atoms with E-state index in [-0.39, 0.29) is 23.3 Å². The minimum absolute atomic E-state index is 0.00459. The first-order valence-electron chi connectivity index (χ1n) is 9.45. The van der Waals surface area contributed by atoms with E-state index in [2.05, 4.69) is 0 Å². The van der Waals surface area contributed by atoms with Gasteiger partial charge in [-0.15, -0.1) is 0 Å². The fraction of sp³-hybridized carbons (Fsp3) is 0.579. The Bertz CT molecular complexity index is 722. The van der Waals surface area contributed by atoms with E-state index < -0.39 is 10.9 Å². The highest BCUT2D eigenvalue weighted by Gasteiger charge is 2.27. The Balaban J connectivity index is 1.74. The van der Waals surface area contributed by atoms with Crippen LogP contribution < -0.4 is 4.90 Å². The highest BCUT2D eigenvalue weighted by molar-refractivity contribution is 5.91. The van der Waals surface area contributed by atoms with E-state index in [1.165, 1.54) is 13.0 Å². The summed E-state index contributed by atoms with van der Waals surface area (Å²) >= 11 is 0. The molecule has 1 saturated carbocycles. The normalized spacial score (nSPS) is 18.3. The number of hydrogen-bond donors (Lipinski definition) is 0. The number of piperazine rings is 1. The lowest BCUT2D eigenvalue weighted by molar-refractivity contribution is -0.384. The predicted molar refractivity (Wildman–Crippen MR) is 99.9 cm³/mol. The number of nitro groups is 1. The van der Waals surface area contributed by atoms with Crippen molar-refractivity contribution in [3.63, 3.8) is 0 Å². The zero-order chi connectivity index (χ0) is 19.4. The fourth-order valence-corrected chi connectivity index (χ4v) is 3.73. The smallest absolute Gasteiger partial charge is 0.338 e. The summed E-state index contributed by atoms with van der Waals surface area (Å²) in [6.45, 7) is 3.61. The number of hydrogen-bond acceptors (Lipinski definition) is 6. The van der Waals surface area contributed by atoms with Crippen molar-refractivity contribution in [2.45, 2.75) is 45.1 Å². The van der Waals surface area contributed by atoms with E-state index >= 15 is 0 Å². The molecule has 1 heterocycles. The largest absolute Gasteiger partial charge is 0.459 e. The number of nitrogens with zero attached hydrogens (tertiary/aromatic N) is 3. The molecule has 1 aliphatic carbocycles. The Kier molecular flexibility index (Phi) is 5.93. The third-order valence-corrected chi connectivity index (χ3v) is 5.30. The number of anilines is 1. The quantitative estimate of drug-likeness (QED) is 0.456. The van der Waals surface area contributed by atoms with Crippen molar-refractivity contribution in [3.8, 4) is 0 Å². The molecule has 0 aromatic heterocycles. The van der Waals surface area contributed by atoms with Gasteiger partial charge in [0, 0.05) is 39.2 Å². The molecular weight excluding hydrogens is 350 g/mol. The molecule has 1 aromatic carbocycles. The molecule has 0 bridgehead atoms. The van der Waals surface area contributed by atoms with Gasteiger partial charge in [-0.25, -0.2) is 4.79 Å². The van der Waals surface area contributed by atoms with Gasteiger partial charge in [-0.3, -0.25) is 14.9 Å². The monoisotopic (exact) mass is 375 g/mol. The second kappa shape index (κ2) is 8.37. The molecule has 8 nitrogen and oxygen atoms in total. The standard InChI is InChI=1S/C19H25N3O5/c1-14(23)20-9-11-21(12-10-20)17-8-7-15(13-18(17)22(25)26)19(24)27-16-5-3-2-4-6-16/h7-8,13,16H,2-6,9-12H2,1H3. The zero-order valence-corrected chi connectivity index (χ0v) is 15.6. The lowest BCUT2D eigenvalue weighted by Gasteiger charge is -2.35. The first-order chi connectivity index (χ1) is 13.0. The van der Waals surface area contributed by atoms with E-state index in [0.29, 0.717) is 31.9 Å². The van der Waals surface area contributed by atoms with E-state index in [1.807, 2.05) is 4.90 Å². The van der Waals surface area contributed by atoms with Gasteiger partial charge in [0.25, 0.3) is 5.69 Å². The van der Waals surface area contributed by atoms with Crippen LogP contribution in [0.2, 0.25) is 0 Å². The molecule has 0 radical (unpaired) electrons. The molecule has 2 fully saturated rings. The number of ether oxygens (including phenoxy) is 1. The second-order valence-corrected chi connectivity index (χ2v) is 7.12. The van der Waals surface area contributed by atoms with Crippen LogP contribution >= 0.6 is 0 Å². The fourth-order valence-electron chi connectivity index (χ4n) is 3.73. The van der Waals surface area contributed by atoms with Crippen LogP contribution in [0, 0.1) is 10.1 Å². The van der Waals surface area contributed by atoms with Gasteiger partial charge in [0.05, 0.1) is 10.5 Å². The number of carbonyl (C=O) groups excluding carboxylic acids is 2. The van der Waals surface area contributed by atoms with Gasteiger partial charge in [-0.1, -0.05) is 6.42 Å². The summed E-state index contributed by atoms with van der Waals surface area (Å²) in [7, 11) is 0. The molecule has 0 spiro atoms. The minimum Gasteiger partial charge on any atom is -0.459 e. The first kappa shape index (κ1) is 19.1. The summed E-state index contributed by atoms with van der Waals surface area (Å²) in [5, 5.41) is 11.6. The van der Waals surface area contributed by atoms with Gasteiger partial charge >= 0.3 is 5.97 Å². The summed E-state index contributed by atoms with van der Waals surface area (Å²) in [6, 6.07) is 4.50. The number of rotatable bonds is 4. The van der Waals surface area contributed by atoms with Crippen LogP contribution in [0.3, 0.4) is 0 Å². The maximum Gasteiger partial charge on any atom is 0.338 e. The number of nitro benzene ring substituents is 1. The van der Waals surface area contributed by atoms with Crippen molar-refractivity contribution in [1.29, 1.82) is 0 Å². The van der Waals surface area contributed by atoms with Gasteiger partial charge in [-0.2, -0.15) is 0 Å². The van der Waals surface area contributed by atoms with Crippen molar-refractivity contribution in [3.05, 3.63) is 33.9 Å². The molecular formula is C19H25N3O5. The summed E-state index contributed by atoms with van der Waals surface area (Å²) in [6.07, 6.45) is 4.86. The molecule has 8 heteroatoms. The Morgan fingerprint density at radius 2 is 1.78 bits per heavy atom. The van der Waals surface area contributed by atoms with Crippen LogP contribution in [0.25, 0.3) is 0 Å². The first-order valence-corrected chi connectivity index (χ1v) is 9.45. The summed E-state index contributed by atoms with van der Waals surface area (Å²) in [5.41, 5.74) is 0.570. The van der Waals surface area contributed by atoms with Crippen molar-refractivity contribution in [2.75, 3.05) is 31.1 Å². The molecule has 1 saturated heterocycles. The molecule has 1 aliphatic heterocycles. The molecule has 146 valence electrons. The molecule has 3 rings (SSSR count). The molecule has 1 aromatic rings. The van der Waals surface area contributed by atoms with Gasteiger partial charge < -0.3 is 14.5 Å². The summed E-state index contributed by atoms with van der Waals surface area (Å²) < 4.78 is 5.52. The SMILES string of the molecule is CC(=O)N1CCN(c2ccc(C(=O)OC3CCCCC3)cc2[N+](=O)[O-])CC1. The van der Waals surface area contributed by atoms with Crippen LogP contribution in [-0.2, 0) is 9.53 Å². The highest BCUT2D eigenvalue weighted by atomic mass is 16.6. The third-order valence-electron chi connectivity index (χ3n) is 5.30. The highest BCUT2D eigenvalue weighted by Crippen LogP contribution is 2.31. The molecule has 1 amide bonds. The van der Waals surface area contributed by atoms with Crippen molar-refractivity contribution in [2.24, 2.45) is 0 Å². The van der Waals surface area contributed by atoms with E-state index in [0.717, 1.165) is 32.1 Å². The Morgan fingerprint density at radius 1 is 1.11 bits per heavy atom. The van der Waals surface area contributed by atoms with Crippen molar-refractivity contribution < 1.29 is 19.2 Å². The topological polar surface area (TPSA) is 93.0 Å². The number of benzene rings is 1. The Hall–Kier alpha value is -2.64. The van der Waals surface area contributed by atoms with Gasteiger partial charge in [-0.05, 0) is 37.8 Å². The average Bonchev–Trinajstić information content (AvgIpc) is 2.68. The predicted octanol–water partition coefficient (Wildman–Crippen LogP) is 2.75. The van der Waals surface area contributed by atoms with E-state index in [1.54, 1.807) is 17.0 Å². The van der Waals surface area contributed by atoms with Crippen LogP contribution in [0.4, 0.5) is 11.4 Å². The molecule has 0 atom stereocenters. The lowest BCUT2D eigenvalue weighted by atomic mass is 9.98. The van der Waals surface area contributed by atoms with Crippen molar-refractivity contribution >= 4 is 23.3 Å². The average molecular weight is 375 g/mol. The van der Waals surface area contributed by atoms with Crippen LogP contribution in [0.5, 0.6) is 0 Å². The van der Waals surface area contributed by atoms with Crippen LogP contribution in [-0.4, -0.2) is 54.0 Å². The van der Waals surface area contributed by atoms with Gasteiger partial charge in [0.1, 0.15) is 11.8 Å². The van der Waals surface area contributed by atoms with Gasteiger partial charge in [0.15, 0.2) is 0 Å².